The van der Waals surface area contributed by atoms with Crippen LogP contribution in [0.15, 0.2) is 48.7 Å². The Bertz CT molecular complexity index is 601. The number of pyridine rings is 1. The summed E-state index contributed by atoms with van der Waals surface area (Å²) >= 11 is 0. The van der Waals surface area contributed by atoms with Crippen molar-refractivity contribution in [1.82, 2.24) is 10.4 Å². The minimum absolute atomic E-state index is 0.0793. The number of hydrazine groups is 1. The van der Waals surface area contributed by atoms with Gasteiger partial charge in [-0.1, -0.05) is 6.07 Å². The Labute approximate surface area is 113 Å². The molecule has 0 spiro atoms. The second-order valence-electron chi connectivity index (χ2n) is 3.61. The average Bonchev–Trinajstić information content (AvgIpc) is 2.47. The lowest BCUT2D eigenvalue weighted by Crippen LogP contribution is -2.32. The molecule has 0 atom stereocenters. The maximum absolute atomic E-state index is 11.4. The van der Waals surface area contributed by atoms with E-state index in [2.05, 4.69) is 15.8 Å². The van der Waals surface area contributed by atoms with Crippen LogP contribution in [-0.2, 0) is 0 Å². The smallest absolute Gasteiger partial charge is 0.409 e. The third-order valence-electron chi connectivity index (χ3n) is 2.22. The minimum atomic E-state index is -0.760. The molecule has 1 aromatic heterocycles. The molecule has 0 fully saturated rings. The second-order valence-corrected chi connectivity index (χ2v) is 3.61. The number of non-ortho nitro benzene ring substituents is 1. The number of nitro groups is 1. The first-order valence-electron chi connectivity index (χ1n) is 5.54. The van der Waals surface area contributed by atoms with Crippen LogP contribution in [-0.4, -0.2) is 16.0 Å². The maximum atomic E-state index is 11.4. The topological polar surface area (TPSA) is 106 Å². The van der Waals surface area contributed by atoms with Crippen molar-refractivity contribution >= 4 is 17.6 Å². The molecule has 102 valence electrons. The van der Waals surface area contributed by atoms with Crippen LogP contribution in [0.4, 0.5) is 16.3 Å². The first kappa shape index (κ1) is 13.3. The van der Waals surface area contributed by atoms with Gasteiger partial charge in [0.25, 0.3) is 5.69 Å². The van der Waals surface area contributed by atoms with Crippen LogP contribution in [0.5, 0.6) is 5.75 Å². The summed E-state index contributed by atoms with van der Waals surface area (Å²) in [7, 11) is 0. The number of ether oxygens (including phenoxy) is 1. The summed E-state index contributed by atoms with van der Waals surface area (Å²) in [4.78, 5) is 25.3. The minimum Gasteiger partial charge on any atom is -0.409 e. The lowest BCUT2D eigenvalue weighted by molar-refractivity contribution is -0.384. The Kier molecular flexibility index (Phi) is 4.07. The molecule has 2 aromatic rings. The molecule has 2 N–H and O–H groups in total. The zero-order valence-corrected chi connectivity index (χ0v) is 10.1. The highest BCUT2D eigenvalue weighted by Gasteiger charge is 2.07. The van der Waals surface area contributed by atoms with E-state index in [4.69, 9.17) is 4.74 Å². The van der Waals surface area contributed by atoms with E-state index in [0.717, 1.165) is 0 Å². The monoisotopic (exact) mass is 274 g/mol. The molecular weight excluding hydrogens is 264 g/mol. The zero-order valence-electron chi connectivity index (χ0n) is 10.1. The fourth-order valence-electron chi connectivity index (χ4n) is 1.32. The molecule has 0 aliphatic rings. The van der Waals surface area contributed by atoms with Gasteiger partial charge in [0.1, 0.15) is 11.6 Å². The van der Waals surface area contributed by atoms with Crippen LogP contribution in [0.25, 0.3) is 0 Å². The van der Waals surface area contributed by atoms with Crippen LogP contribution in [0.1, 0.15) is 0 Å². The van der Waals surface area contributed by atoms with Crippen molar-refractivity contribution in [2.24, 2.45) is 0 Å². The molecule has 0 aliphatic heterocycles. The lowest BCUT2D eigenvalue weighted by Gasteiger charge is -2.07. The standard InChI is InChI=1S/C12H10N4O4/c17-12(15-14-11-3-1-2-8-13-11)20-10-6-4-9(5-7-10)16(18)19/h1-8H,(H,13,14)(H,15,17). The highest BCUT2D eigenvalue weighted by Crippen LogP contribution is 2.17. The highest BCUT2D eigenvalue weighted by atomic mass is 16.6. The largest absolute Gasteiger partial charge is 0.431 e. The molecule has 0 unspecified atom stereocenters. The third-order valence-corrected chi connectivity index (χ3v) is 2.22. The van der Waals surface area contributed by atoms with Crippen molar-refractivity contribution in [3.05, 3.63) is 58.8 Å². The van der Waals surface area contributed by atoms with Crippen LogP contribution >= 0.6 is 0 Å². The van der Waals surface area contributed by atoms with Gasteiger partial charge in [0.15, 0.2) is 0 Å². The number of hydrogen-bond acceptors (Lipinski definition) is 6. The number of carbonyl (C=O) groups excluding carboxylic acids is 1. The van der Waals surface area contributed by atoms with Gasteiger partial charge in [0, 0.05) is 18.3 Å². The van der Waals surface area contributed by atoms with Crippen molar-refractivity contribution in [2.45, 2.75) is 0 Å². The van der Waals surface area contributed by atoms with E-state index in [1.807, 2.05) is 0 Å². The normalized spacial score (nSPS) is 9.60. The molecule has 0 bridgehead atoms. The summed E-state index contributed by atoms with van der Waals surface area (Å²) in [6.07, 6.45) is 0.801. The number of benzene rings is 1. The number of aromatic nitrogens is 1. The van der Waals surface area contributed by atoms with Gasteiger partial charge in [-0.2, -0.15) is 0 Å². The Morgan fingerprint density at radius 3 is 2.55 bits per heavy atom. The Morgan fingerprint density at radius 2 is 1.95 bits per heavy atom. The summed E-state index contributed by atoms with van der Waals surface area (Å²) < 4.78 is 4.91. The number of amides is 1. The van der Waals surface area contributed by atoms with Crippen molar-refractivity contribution < 1.29 is 14.5 Å². The molecule has 1 heterocycles. The summed E-state index contributed by atoms with van der Waals surface area (Å²) in [5.41, 5.74) is 4.75. The molecule has 8 nitrogen and oxygen atoms in total. The average molecular weight is 274 g/mol. The molecule has 0 aliphatic carbocycles. The number of nitrogens with zero attached hydrogens (tertiary/aromatic N) is 2. The Balaban J connectivity index is 1.86. The molecule has 2 rings (SSSR count). The summed E-state index contributed by atoms with van der Waals surface area (Å²) in [5.74, 6) is 0.643. The van der Waals surface area contributed by atoms with Crippen LogP contribution in [0.2, 0.25) is 0 Å². The molecule has 20 heavy (non-hydrogen) atoms. The van der Waals surface area contributed by atoms with E-state index in [0.29, 0.717) is 5.82 Å². The van der Waals surface area contributed by atoms with Crippen LogP contribution < -0.4 is 15.6 Å². The van der Waals surface area contributed by atoms with Gasteiger partial charge in [0.05, 0.1) is 4.92 Å². The molecule has 0 saturated carbocycles. The van der Waals surface area contributed by atoms with E-state index in [-0.39, 0.29) is 11.4 Å². The van der Waals surface area contributed by atoms with Crippen LogP contribution in [0, 0.1) is 10.1 Å². The van der Waals surface area contributed by atoms with Gasteiger partial charge in [-0.15, -0.1) is 0 Å². The second kappa shape index (κ2) is 6.14. The van der Waals surface area contributed by atoms with Crippen molar-refractivity contribution in [3.63, 3.8) is 0 Å². The molecule has 8 heteroatoms. The molecule has 0 radical (unpaired) electrons. The van der Waals surface area contributed by atoms with Crippen LogP contribution in [0.3, 0.4) is 0 Å². The Hall–Kier alpha value is -3.16. The maximum Gasteiger partial charge on any atom is 0.431 e. The first-order chi connectivity index (χ1) is 9.65. The van der Waals surface area contributed by atoms with Gasteiger partial charge in [-0.3, -0.25) is 15.5 Å². The third kappa shape index (κ3) is 3.67. The highest BCUT2D eigenvalue weighted by molar-refractivity contribution is 5.71. The van der Waals surface area contributed by atoms with E-state index >= 15 is 0 Å². The predicted molar refractivity (Wildman–Crippen MR) is 70.1 cm³/mol. The van der Waals surface area contributed by atoms with E-state index in [1.165, 1.54) is 24.3 Å². The van der Waals surface area contributed by atoms with Gasteiger partial charge in [0.2, 0.25) is 0 Å². The molecule has 1 aromatic carbocycles. The quantitative estimate of drug-likeness (QED) is 0.653. The van der Waals surface area contributed by atoms with Gasteiger partial charge in [-0.25, -0.2) is 15.2 Å². The summed E-state index contributed by atoms with van der Waals surface area (Å²) in [5, 5.41) is 10.5. The fraction of sp³-hybridized carbons (Fsp3) is 0. The zero-order chi connectivity index (χ0) is 14.4. The van der Waals surface area contributed by atoms with E-state index in [9.17, 15) is 14.9 Å². The first-order valence-corrected chi connectivity index (χ1v) is 5.54. The molecule has 0 saturated heterocycles. The van der Waals surface area contributed by atoms with E-state index < -0.39 is 11.0 Å². The van der Waals surface area contributed by atoms with Crippen molar-refractivity contribution in [1.29, 1.82) is 0 Å². The number of nitrogens with one attached hydrogen (secondary N) is 2. The SMILES string of the molecule is O=C(NNc1ccccn1)Oc1ccc([N+](=O)[O-])cc1. The number of hydrogen-bond donors (Lipinski definition) is 2. The van der Waals surface area contributed by atoms with Crippen molar-refractivity contribution in [2.75, 3.05) is 5.43 Å². The molecular formula is C12H10N4O4. The van der Waals surface area contributed by atoms with Gasteiger partial charge >= 0.3 is 6.09 Å². The molecule has 1 amide bonds. The van der Waals surface area contributed by atoms with Gasteiger partial charge in [-0.05, 0) is 24.3 Å². The fourth-order valence-corrected chi connectivity index (χ4v) is 1.32. The number of nitro benzene ring substituents is 1. The summed E-state index contributed by atoms with van der Waals surface area (Å²) in [6, 6.07) is 10.3. The summed E-state index contributed by atoms with van der Waals surface area (Å²) in [6.45, 7) is 0. The van der Waals surface area contributed by atoms with Crippen molar-refractivity contribution in [3.8, 4) is 5.75 Å². The number of anilines is 1. The van der Waals surface area contributed by atoms with E-state index in [1.54, 1.807) is 24.4 Å². The van der Waals surface area contributed by atoms with Gasteiger partial charge < -0.3 is 4.74 Å². The predicted octanol–water partition coefficient (Wildman–Crippen LogP) is 2.11. The lowest BCUT2D eigenvalue weighted by atomic mass is 10.3. The number of rotatable bonds is 4. The number of carbonyl (C=O) groups is 1. The Morgan fingerprint density at radius 1 is 1.20 bits per heavy atom.